The van der Waals surface area contributed by atoms with Crippen LogP contribution in [0.1, 0.15) is 20.3 Å². The molecular formula is C10H21NO4S. The molecule has 0 atom stereocenters. The smallest absolute Gasteiger partial charge is 0.214 e. The number of hydrogen-bond acceptors (Lipinski definition) is 4. The highest BCUT2D eigenvalue weighted by Gasteiger charge is 2.48. The van der Waals surface area contributed by atoms with Gasteiger partial charge >= 0.3 is 0 Å². The van der Waals surface area contributed by atoms with Gasteiger partial charge < -0.3 is 9.84 Å². The van der Waals surface area contributed by atoms with Gasteiger partial charge in [-0.3, -0.25) is 0 Å². The molecule has 0 saturated carbocycles. The van der Waals surface area contributed by atoms with E-state index in [4.69, 9.17) is 4.74 Å². The number of methoxy groups -OCH3 is 1. The predicted octanol–water partition coefficient (Wildman–Crippen LogP) is 0.0554. The van der Waals surface area contributed by atoms with Crippen molar-refractivity contribution >= 4 is 10.0 Å². The van der Waals surface area contributed by atoms with Crippen molar-refractivity contribution in [1.29, 1.82) is 0 Å². The molecule has 1 aliphatic heterocycles. The molecule has 0 unspecified atom stereocenters. The van der Waals surface area contributed by atoms with Gasteiger partial charge in [-0.2, -0.15) is 4.31 Å². The molecule has 6 heteroatoms. The zero-order chi connectivity index (χ0) is 12.4. The van der Waals surface area contributed by atoms with E-state index in [9.17, 15) is 13.5 Å². The Morgan fingerprint density at radius 3 is 2.44 bits per heavy atom. The molecule has 0 radical (unpaired) electrons. The van der Waals surface area contributed by atoms with E-state index in [1.54, 1.807) is 7.11 Å². The second-order valence-electron chi connectivity index (χ2n) is 4.69. The zero-order valence-electron chi connectivity index (χ0n) is 10.1. The van der Waals surface area contributed by atoms with Crippen LogP contribution in [0.4, 0.5) is 0 Å². The van der Waals surface area contributed by atoms with E-state index < -0.39 is 15.6 Å². The average molecular weight is 251 g/mol. The van der Waals surface area contributed by atoms with Gasteiger partial charge in [0.2, 0.25) is 10.0 Å². The van der Waals surface area contributed by atoms with E-state index in [1.807, 2.05) is 13.8 Å². The van der Waals surface area contributed by atoms with E-state index in [2.05, 4.69) is 0 Å². The van der Waals surface area contributed by atoms with Gasteiger partial charge in [0.1, 0.15) is 0 Å². The van der Waals surface area contributed by atoms with E-state index in [0.717, 1.165) is 0 Å². The molecule has 1 fully saturated rings. The number of hydrogen-bond donors (Lipinski definition) is 1. The third-order valence-corrected chi connectivity index (χ3v) is 4.97. The van der Waals surface area contributed by atoms with Gasteiger partial charge in [-0.25, -0.2) is 8.42 Å². The average Bonchev–Trinajstić information content (AvgIpc) is 2.12. The summed E-state index contributed by atoms with van der Waals surface area (Å²) in [4.78, 5) is 0. The summed E-state index contributed by atoms with van der Waals surface area (Å²) in [6.45, 7) is 4.69. The topological polar surface area (TPSA) is 66.8 Å². The van der Waals surface area contributed by atoms with E-state index in [0.29, 0.717) is 13.0 Å². The van der Waals surface area contributed by atoms with Crippen molar-refractivity contribution in [1.82, 2.24) is 4.31 Å². The number of ether oxygens (including phenoxy) is 1. The van der Waals surface area contributed by atoms with Gasteiger partial charge in [-0.15, -0.1) is 0 Å². The minimum Gasteiger partial charge on any atom is -0.387 e. The molecule has 0 amide bonds. The van der Waals surface area contributed by atoms with Crippen LogP contribution in [0.3, 0.4) is 0 Å². The van der Waals surface area contributed by atoms with Crippen molar-refractivity contribution in [3.8, 4) is 0 Å². The Labute approximate surface area is 97.4 Å². The Morgan fingerprint density at radius 1 is 1.44 bits per heavy atom. The Hall–Kier alpha value is -0.170. The third-order valence-electron chi connectivity index (χ3n) is 3.12. The molecular weight excluding hydrogens is 230 g/mol. The second-order valence-corrected chi connectivity index (χ2v) is 6.78. The molecule has 0 aromatic carbocycles. The summed E-state index contributed by atoms with van der Waals surface area (Å²) in [5.41, 5.74) is -0.839. The van der Waals surface area contributed by atoms with Crippen molar-refractivity contribution < 1.29 is 18.3 Å². The minimum atomic E-state index is -3.21. The second kappa shape index (κ2) is 5.00. The van der Waals surface area contributed by atoms with Crippen molar-refractivity contribution in [3.05, 3.63) is 0 Å². The van der Waals surface area contributed by atoms with Crippen LogP contribution in [0, 0.1) is 5.92 Å². The van der Waals surface area contributed by atoms with Crippen LogP contribution in [0.5, 0.6) is 0 Å². The molecule has 1 N–H and O–H groups in total. The molecule has 1 saturated heterocycles. The van der Waals surface area contributed by atoms with Crippen LogP contribution in [0.2, 0.25) is 0 Å². The summed E-state index contributed by atoms with van der Waals surface area (Å²) in [6, 6.07) is 0. The first-order valence-corrected chi connectivity index (χ1v) is 7.12. The predicted molar refractivity (Wildman–Crippen MR) is 61.6 cm³/mol. The maximum atomic E-state index is 11.8. The molecule has 1 aliphatic rings. The van der Waals surface area contributed by atoms with E-state index in [1.165, 1.54) is 4.31 Å². The van der Waals surface area contributed by atoms with E-state index in [-0.39, 0.29) is 24.8 Å². The Kier molecular flexibility index (Phi) is 4.34. The fraction of sp³-hybridized carbons (Fsp3) is 1.00. The summed E-state index contributed by atoms with van der Waals surface area (Å²) < 4.78 is 29.7. The lowest BCUT2D eigenvalue weighted by atomic mass is 9.85. The van der Waals surface area contributed by atoms with Crippen molar-refractivity contribution in [3.63, 3.8) is 0 Å². The van der Waals surface area contributed by atoms with Gasteiger partial charge in [-0.05, 0) is 12.3 Å². The molecule has 1 rings (SSSR count). The zero-order valence-corrected chi connectivity index (χ0v) is 11.0. The number of nitrogens with zero attached hydrogens (tertiary/aromatic N) is 1. The molecule has 0 spiro atoms. The van der Waals surface area contributed by atoms with Crippen molar-refractivity contribution in [2.75, 3.05) is 32.6 Å². The third kappa shape index (κ3) is 2.94. The normalized spacial score (nSPS) is 21.1. The fourth-order valence-electron chi connectivity index (χ4n) is 1.64. The monoisotopic (exact) mass is 251 g/mol. The van der Waals surface area contributed by atoms with Crippen molar-refractivity contribution in [2.24, 2.45) is 5.92 Å². The minimum absolute atomic E-state index is 0.0814. The summed E-state index contributed by atoms with van der Waals surface area (Å²) in [7, 11) is -1.66. The van der Waals surface area contributed by atoms with Gasteiger partial charge in [0.25, 0.3) is 0 Å². The highest BCUT2D eigenvalue weighted by Crippen LogP contribution is 2.30. The maximum Gasteiger partial charge on any atom is 0.214 e. The lowest BCUT2D eigenvalue weighted by Crippen LogP contribution is -2.66. The number of aliphatic hydroxyl groups is 1. The Bertz CT molecular complexity index is 320. The largest absolute Gasteiger partial charge is 0.387 e. The van der Waals surface area contributed by atoms with Crippen LogP contribution in [-0.2, 0) is 14.8 Å². The quantitative estimate of drug-likeness (QED) is 0.678. The SMILES string of the molecule is COCCCS(=O)(=O)N1CC(O)(C(C)C)C1. The molecule has 0 aliphatic carbocycles. The first kappa shape index (κ1) is 13.9. The molecule has 1 heterocycles. The molecule has 0 aromatic rings. The van der Waals surface area contributed by atoms with Gasteiger partial charge in [0.15, 0.2) is 0 Å². The maximum absolute atomic E-state index is 11.8. The standard InChI is InChI=1S/C10H21NO4S/c1-9(2)10(12)7-11(8-10)16(13,14)6-4-5-15-3/h9,12H,4-8H2,1-3H3. The lowest BCUT2D eigenvalue weighted by Gasteiger charge is -2.47. The number of β-amino-alcohol motifs (C(OH)–C–C–N with tert-alkyl or cyclic N) is 1. The summed E-state index contributed by atoms with van der Waals surface area (Å²) in [5.74, 6) is 0.174. The van der Waals surface area contributed by atoms with E-state index >= 15 is 0 Å². The first-order valence-electron chi connectivity index (χ1n) is 5.51. The summed E-state index contributed by atoms with van der Waals surface area (Å²) in [5, 5.41) is 9.96. The molecule has 96 valence electrons. The van der Waals surface area contributed by atoms with Gasteiger partial charge in [-0.1, -0.05) is 13.8 Å². The summed E-state index contributed by atoms with van der Waals surface area (Å²) in [6.07, 6.45) is 0.495. The Balaban J connectivity index is 2.44. The van der Waals surface area contributed by atoms with Crippen LogP contribution >= 0.6 is 0 Å². The lowest BCUT2D eigenvalue weighted by molar-refractivity contribution is -0.0932. The van der Waals surface area contributed by atoms with Crippen molar-refractivity contribution in [2.45, 2.75) is 25.9 Å². The van der Waals surface area contributed by atoms with Crippen LogP contribution in [-0.4, -0.2) is 56.0 Å². The summed E-state index contributed by atoms with van der Waals surface area (Å²) >= 11 is 0. The molecule has 0 aromatic heterocycles. The highest BCUT2D eigenvalue weighted by molar-refractivity contribution is 7.89. The van der Waals surface area contributed by atoms with Gasteiger partial charge in [0, 0.05) is 26.8 Å². The molecule has 0 bridgehead atoms. The fourth-order valence-corrected chi connectivity index (χ4v) is 3.22. The van der Waals surface area contributed by atoms with Crippen LogP contribution in [0.15, 0.2) is 0 Å². The highest BCUT2D eigenvalue weighted by atomic mass is 32.2. The molecule has 16 heavy (non-hydrogen) atoms. The number of rotatable bonds is 6. The first-order chi connectivity index (χ1) is 7.32. The van der Waals surface area contributed by atoms with Gasteiger partial charge in [0.05, 0.1) is 11.4 Å². The van der Waals surface area contributed by atoms with Crippen LogP contribution in [0.25, 0.3) is 0 Å². The van der Waals surface area contributed by atoms with Crippen LogP contribution < -0.4 is 0 Å². The number of sulfonamides is 1. The molecule has 5 nitrogen and oxygen atoms in total. The Morgan fingerprint density at radius 2 is 2.00 bits per heavy atom.